The maximum absolute atomic E-state index is 12.5. The van der Waals surface area contributed by atoms with Crippen molar-refractivity contribution in [1.82, 2.24) is 14.7 Å². The molecule has 7 nitrogen and oxygen atoms in total. The first kappa shape index (κ1) is 20.4. The van der Waals surface area contributed by atoms with Gasteiger partial charge >= 0.3 is 18.1 Å². The first-order chi connectivity index (χ1) is 12.0. The van der Waals surface area contributed by atoms with Crippen molar-refractivity contribution in [3.8, 4) is 0 Å². The maximum Gasteiger partial charge on any atom is 0.471 e. The second-order valence-electron chi connectivity index (χ2n) is 5.02. The molecule has 0 spiro atoms. The van der Waals surface area contributed by atoms with Crippen molar-refractivity contribution >= 4 is 55.2 Å². The lowest BCUT2D eigenvalue weighted by molar-refractivity contribution is -0.175. The first-order valence-electron chi connectivity index (χ1n) is 6.85. The van der Waals surface area contributed by atoms with Crippen LogP contribution in [0.1, 0.15) is 16.9 Å². The number of rotatable bonds is 5. The van der Waals surface area contributed by atoms with E-state index in [1.54, 1.807) is 6.07 Å². The molecule has 1 N–H and O–H groups in total. The normalized spacial score (nSPS) is 12.7. The summed E-state index contributed by atoms with van der Waals surface area (Å²) in [6.07, 6.45) is -3.18. The number of esters is 1. The topological polar surface area (TPSA) is 89.8 Å². The van der Waals surface area contributed by atoms with E-state index in [0.29, 0.717) is 14.6 Å². The Balaban J connectivity index is 2.30. The van der Waals surface area contributed by atoms with E-state index in [0.717, 1.165) is 7.11 Å². The second-order valence-corrected chi connectivity index (χ2v) is 6.79. The lowest BCUT2D eigenvalue weighted by Crippen LogP contribution is -2.48. The summed E-state index contributed by atoms with van der Waals surface area (Å²) in [6.45, 7) is 0. The number of halogens is 5. The molecule has 0 radical (unpaired) electrons. The van der Waals surface area contributed by atoms with Gasteiger partial charge in [0.15, 0.2) is 11.4 Å². The molecule has 2 aromatic rings. The third kappa shape index (κ3) is 4.41. The van der Waals surface area contributed by atoms with Crippen LogP contribution in [0, 0.1) is 0 Å². The molecule has 0 aromatic carbocycles. The van der Waals surface area contributed by atoms with Crippen molar-refractivity contribution in [2.24, 2.45) is 0 Å². The fourth-order valence-corrected chi connectivity index (χ4v) is 3.37. The number of pyridine rings is 1. The van der Waals surface area contributed by atoms with Crippen LogP contribution in [0.15, 0.2) is 27.4 Å². The number of alkyl halides is 3. The number of aromatic nitrogens is 2. The number of hydrogen-bond acceptors (Lipinski definition) is 5. The highest BCUT2D eigenvalue weighted by Gasteiger charge is 2.41. The summed E-state index contributed by atoms with van der Waals surface area (Å²) < 4.78 is 44.2. The molecule has 0 saturated heterocycles. The zero-order valence-corrected chi connectivity index (χ0v) is 16.1. The molecule has 2 heterocycles. The van der Waals surface area contributed by atoms with Crippen LogP contribution in [-0.2, 0) is 14.3 Å². The summed E-state index contributed by atoms with van der Waals surface area (Å²) in [6, 6.07) is -0.0972. The number of amides is 1. The molecule has 140 valence electrons. The van der Waals surface area contributed by atoms with E-state index in [2.05, 4.69) is 41.6 Å². The predicted molar refractivity (Wildman–Crippen MR) is 89.5 cm³/mol. The summed E-state index contributed by atoms with van der Waals surface area (Å²) in [5, 5.41) is 1.46. The van der Waals surface area contributed by atoms with Crippen LogP contribution in [0.3, 0.4) is 0 Å². The SMILES string of the molecule is COC(=O)[C@H](CC(=O)c1cnc2c(Br)cc(Br)cn12)NC(=O)C(F)(F)F. The van der Waals surface area contributed by atoms with E-state index in [1.165, 1.54) is 22.1 Å². The highest BCUT2D eigenvalue weighted by molar-refractivity contribution is 9.11. The van der Waals surface area contributed by atoms with Crippen LogP contribution in [0.25, 0.3) is 5.65 Å². The average molecular weight is 501 g/mol. The molecule has 0 bridgehead atoms. The number of carbonyl (C=O) groups excluding carboxylic acids is 3. The van der Waals surface area contributed by atoms with E-state index >= 15 is 0 Å². The van der Waals surface area contributed by atoms with Gasteiger partial charge in [0, 0.05) is 17.1 Å². The van der Waals surface area contributed by atoms with Crippen molar-refractivity contribution in [3.63, 3.8) is 0 Å². The van der Waals surface area contributed by atoms with Gasteiger partial charge in [-0.15, -0.1) is 0 Å². The van der Waals surface area contributed by atoms with Gasteiger partial charge in [-0.05, 0) is 37.9 Å². The number of carbonyl (C=O) groups is 3. The van der Waals surface area contributed by atoms with Crippen molar-refractivity contribution in [2.75, 3.05) is 7.11 Å². The van der Waals surface area contributed by atoms with Gasteiger partial charge in [0.25, 0.3) is 0 Å². The van der Waals surface area contributed by atoms with Gasteiger partial charge in [-0.1, -0.05) is 0 Å². The molecule has 0 saturated carbocycles. The fraction of sp³-hybridized carbons (Fsp3) is 0.286. The molecular weight excluding hydrogens is 491 g/mol. The summed E-state index contributed by atoms with van der Waals surface area (Å²) in [5.74, 6) is -4.23. The molecule has 2 rings (SSSR count). The zero-order chi connectivity index (χ0) is 19.6. The largest absolute Gasteiger partial charge is 0.471 e. The molecule has 0 fully saturated rings. The molecule has 26 heavy (non-hydrogen) atoms. The van der Waals surface area contributed by atoms with Gasteiger partial charge in [0.05, 0.1) is 17.8 Å². The minimum Gasteiger partial charge on any atom is -0.467 e. The number of methoxy groups -OCH3 is 1. The molecular formula is C14H10Br2F3N3O4. The predicted octanol–water partition coefficient (Wildman–Crippen LogP) is 2.65. The minimum absolute atomic E-state index is 0.0251. The van der Waals surface area contributed by atoms with Crippen LogP contribution in [-0.4, -0.2) is 46.4 Å². The molecule has 0 aliphatic heterocycles. The van der Waals surface area contributed by atoms with Crippen molar-refractivity contribution in [3.05, 3.63) is 33.1 Å². The Morgan fingerprint density at radius 3 is 2.58 bits per heavy atom. The zero-order valence-electron chi connectivity index (χ0n) is 12.9. The monoisotopic (exact) mass is 499 g/mol. The average Bonchev–Trinajstić information content (AvgIpc) is 2.96. The maximum atomic E-state index is 12.5. The van der Waals surface area contributed by atoms with Crippen LogP contribution < -0.4 is 5.32 Å². The van der Waals surface area contributed by atoms with Crippen LogP contribution in [0.4, 0.5) is 13.2 Å². The molecule has 0 aliphatic carbocycles. The molecule has 2 aromatic heterocycles. The number of ether oxygens (including phenoxy) is 1. The Morgan fingerprint density at radius 2 is 2.00 bits per heavy atom. The molecule has 12 heteroatoms. The van der Waals surface area contributed by atoms with E-state index in [9.17, 15) is 27.6 Å². The summed E-state index contributed by atoms with van der Waals surface area (Å²) in [5.41, 5.74) is 0.419. The van der Waals surface area contributed by atoms with Crippen LogP contribution in [0.2, 0.25) is 0 Å². The number of hydrogen-bond donors (Lipinski definition) is 1. The Kier molecular flexibility index (Phi) is 6.06. The summed E-state index contributed by atoms with van der Waals surface area (Å²) in [4.78, 5) is 39.3. The standard InChI is InChI=1S/C14H10Br2F3N3O4/c1-26-12(24)8(21-13(25)14(17,18)19)3-10(23)9-4-20-11-7(16)2-6(15)5-22(9)11/h2,4-5,8H,3H2,1H3,(H,21,25)/t8-/m0/s1. The highest BCUT2D eigenvalue weighted by Crippen LogP contribution is 2.24. The molecule has 0 aliphatic rings. The number of ketones is 1. The number of nitrogens with zero attached hydrogens (tertiary/aromatic N) is 2. The van der Waals surface area contributed by atoms with Gasteiger partial charge in [-0.3, -0.25) is 14.0 Å². The first-order valence-corrected chi connectivity index (χ1v) is 8.44. The van der Waals surface area contributed by atoms with Gasteiger partial charge in [0.1, 0.15) is 11.7 Å². The lowest BCUT2D eigenvalue weighted by atomic mass is 10.1. The number of imidazole rings is 1. The quantitative estimate of drug-likeness (QED) is 0.503. The van der Waals surface area contributed by atoms with Crippen molar-refractivity contribution < 1.29 is 32.3 Å². The van der Waals surface area contributed by atoms with Gasteiger partial charge in [0.2, 0.25) is 0 Å². The van der Waals surface area contributed by atoms with Crippen LogP contribution in [0.5, 0.6) is 0 Å². The second kappa shape index (κ2) is 7.74. The summed E-state index contributed by atoms with van der Waals surface area (Å²) >= 11 is 6.51. The van der Waals surface area contributed by atoms with Gasteiger partial charge in [-0.2, -0.15) is 13.2 Å². The van der Waals surface area contributed by atoms with Gasteiger partial charge < -0.3 is 10.1 Å². The van der Waals surface area contributed by atoms with Crippen LogP contribution >= 0.6 is 31.9 Å². The number of nitrogens with one attached hydrogen (secondary N) is 1. The Bertz CT molecular complexity index is 882. The third-order valence-electron chi connectivity index (χ3n) is 3.25. The summed E-state index contributed by atoms with van der Waals surface area (Å²) in [7, 11) is 0.933. The smallest absolute Gasteiger partial charge is 0.467 e. The van der Waals surface area contributed by atoms with Crippen molar-refractivity contribution in [2.45, 2.75) is 18.6 Å². The highest BCUT2D eigenvalue weighted by atomic mass is 79.9. The van der Waals surface area contributed by atoms with E-state index < -0.39 is 36.3 Å². The van der Waals surface area contributed by atoms with E-state index in [1.807, 2.05) is 0 Å². The third-order valence-corrected chi connectivity index (χ3v) is 4.27. The Labute approximate surface area is 161 Å². The Hall–Kier alpha value is -1.95. The molecule has 0 unspecified atom stereocenters. The molecule has 1 atom stereocenters. The number of Topliss-reactive ketones (excluding diaryl/α,β-unsaturated/α-hetero) is 1. The van der Waals surface area contributed by atoms with E-state index in [4.69, 9.17) is 0 Å². The lowest BCUT2D eigenvalue weighted by Gasteiger charge is -2.16. The van der Waals surface area contributed by atoms with Gasteiger partial charge in [-0.25, -0.2) is 9.78 Å². The minimum atomic E-state index is -5.20. The fourth-order valence-electron chi connectivity index (χ4n) is 2.09. The number of fused-ring (bicyclic) bond motifs is 1. The van der Waals surface area contributed by atoms with Crippen molar-refractivity contribution in [1.29, 1.82) is 0 Å². The molecule has 1 amide bonds. The van der Waals surface area contributed by atoms with E-state index in [-0.39, 0.29) is 5.69 Å². The Morgan fingerprint density at radius 1 is 1.35 bits per heavy atom.